The van der Waals surface area contributed by atoms with Crippen LogP contribution in [0, 0.1) is 0 Å². The van der Waals surface area contributed by atoms with Crippen LogP contribution < -0.4 is 19.7 Å². The Morgan fingerprint density at radius 2 is 1.68 bits per heavy atom. The molecule has 0 bridgehead atoms. The summed E-state index contributed by atoms with van der Waals surface area (Å²) < 4.78 is 10.9. The second-order valence-electron chi connectivity index (χ2n) is 8.23. The lowest BCUT2D eigenvalue weighted by molar-refractivity contribution is 0.101. The normalized spacial score (nSPS) is 23.1. The van der Waals surface area contributed by atoms with Gasteiger partial charge in [0.15, 0.2) is 11.5 Å². The van der Waals surface area contributed by atoms with Crippen molar-refractivity contribution in [2.24, 2.45) is 4.99 Å². The molecular weight excluding hydrogens is 394 g/mol. The van der Waals surface area contributed by atoms with Crippen LogP contribution in [0.4, 0.5) is 16.2 Å². The van der Waals surface area contributed by atoms with Gasteiger partial charge in [0.05, 0.1) is 26.5 Å². The van der Waals surface area contributed by atoms with Gasteiger partial charge in [0, 0.05) is 43.5 Å². The molecule has 1 saturated heterocycles. The average molecular weight is 422 g/mol. The minimum Gasteiger partial charge on any atom is -0.493 e. The number of methoxy groups -OCH3 is 2. The summed E-state index contributed by atoms with van der Waals surface area (Å²) in [5, 5.41) is 2.97. The maximum atomic E-state index is 12.8. The highest BCUT2D eigenvalue weighted by atomic mass is 16.5. The van der Waals surface area contributed by atoms with Crippen molar-refractivity contribution >= 4 is 23.2 Å². The van der Waals surface area contributed by atoms with E-state index >= 15 is 0 Å². The first-order valence-corrected chi connectivity index (χ1v) is 10.5. The number of rotatable bonds is 4. The van der Waals surface area contributed by atoms with Gasteiger partial charge in [0.1, 0.15) is 11.5 Å². The number of urea groups is 1. The first-order valence-electron chi connectivity index (χ1n) is 10.5. The van der Waals surface area contributed by atoms with Crippen LogP contribution in [0.3, 0.4) is 0 Å². The number of hydrogen-bond donors (Lipinski definition) is 1. The van der Waals surface area contributed by atoms with Crippen molar-refractivity contribution in [1.29, 1.82) is 0 Å². The van der Waals surface area contributed by atoms with Crippen LogP contribution in [0.5, 0.6) is 11.5 Å². The summed E-state index contributed by atoms with van der Waals surface area (Å²) >= 11 is 0. The molecule has 1 unspecified atom stereocenters. The molecule has 0 aliphatic carbocycles. The van der Waals surface area contributed by atoms with Crippen LogP contribution in [0.15, 0.2) is 47.5 Å². The van der Waals surface area contributed by atoms with E-state index in [0.717, 1.165) is 31.7 Å². The maximum absolute atomic E-state index is 12.8. The summed E-state index contributed by atoms with van der Waals surface area (Å²) in [5.41, 5.74) is 2.32. The van der Waals surface area contributed by atoms with Gasteiger partial charge < -0.3 is 19.7 Å². The summed E-state index contributed by atoms with van der Waals surface area (Å²) in [6, 6.07) is 14.0. The van der Waals surface area contributed by atoms with E-state index in [1.165, 1.54) is 5.69 Å². The molecule has 3 aliphatic rings. The molecule has 8 nitrogen and oxygen atoms in total. The number of benzene rings is 2. The molecule has 1 N–H and O–H groups in total. The summed E-state index contributed by atoms with van der Waals surface area (Å²) in [6.07, 6.45) is 0. The number of amidine groups is 1. The molecule has 0 saturated carbocycles. The van der Waals surface area contributed by atoms with Crippen molar-refractivity contribution in [3.8, 4) is 11.5 Å². The molecule has 5 rings (SSSR count). The van der Waals surface area contributed by atoms with E-state index in [1.807, 2.05) is 12.1 Å². The molecule has 2 aromatic carbocycles. The van der Waals surface area contributed by atoms with Gasteiger partial charge in [-0.15, -0.1) is 0 Å². The fourth-order valence-corrected chi connectivity index (χ4v) is 4.68. The standard InChI is InChI=1S/C23H27N5O3/c1-23(27-11-9-26(10-12-27)16-7-5-4-6-8-16)15-28-21(25-23)17-13-19(30-2)20(31-3)14-18(17)24-22(28)29/h4-8,13-14H,9-12,15H2,1-3H3,(H,24,29). The van der Waals surface area contributed by atoms with Crippen molar-refractivity contribution in [1.82, 2.24) is 9.80 Å². The van der Waals surface area contributed by atoms with Crippen molar-refractivity contribution < 1.29 is 14.3 Å². The summed E-state index contributed by atoms with van der Waals surface area (Å²) in [5.74, 6) is 1.88. The number of fused-ring (bicyclic) bond motifs is 3. The third-order valence-corrected chi connectivity index (χ3v) is 6.39. The number of anilines is 2. The van der Waals surface area contributed by atoms with Gasteiger partial charge in [0.25, 0.3) is 0 Å². The predicted octanol–water partition coefficient (Wildman–Crippen LogP) is 2.85. The summed E-state index contributed by atoms with van der Waals surface area (Å²) in [4.78, 5) is 24.4. The minimum atomic E-state index is -0.468. The fourth-order valence-electron chi connectivity index (χ4n) is 4.68. The van der Waals surface area contributed by atoms with Gasteiger partial charge in [-0.25, -0.2) is 9.79 Å². The van der Waals surface area contributed by atoms with E-state index in [2.05, 4.69) is 46.3 Å². The SMILES string of the molecule is COc1cc2c(cc1OC)C1=NC(C)(N3CCN(c4ccccc4)CC3)CN1C(=O)N2. The molecule has 8 heteroatoms. The number of carbonyl (C=O) groups is 1. The minimum absolute atomic E-state index is 0.162. The van der Waals surface area contributed by atoms with Crippen LogP contribution in [0.2, 0.25) is 0 Å². The third kappa shape index (κ3) is 3.27. The van der Waals surface area contributed by atoms with E-state index < -0.39 is 5.66 Å². The van der Waals surface area contributed by atoms with Crippen molar-refractivity contribution in [3.05, 3.63) is 48.0 Å². The van der Waals surface area contributed by atoms with E-state index in [1.54, 1.807) is 25.2 Å². The number of amides is 2. The molecule has 0 spiro atoms. The lowest BCUT2D eigenvalue weighted by atomic mass is 10.1. The molecule has 1 fully saturated rings. The number of aliphatic imine (C=N–C) groups is 1. The second kappa shape index (κ2) is 7.46. The fraction of sp³-hybridized carbons (Fsp3) is 0.391. The average Bonchev–Trinajstić information content (AvgIpc) is 3.18. The Morgan fingerprint density at radius 1 is 1.00 bits per heavy atom. The number of ether oxygens (including phenoxy) is 2. The van der Waals surface area contributed by atoms with E-state index in [4.69, 9.17) is 14.5 Å². The van der Waals surface area contributed by atoms with Gasteiger partial charge in [0.2, 0.25) is 0 Å². The Morgan fingerprint density at radius 3 is 2.35 bits per heavy atom. The van der Waals surface area contributed by atoms with Crippen LogP contribution in [-0.2, 0) is 0 Å². The highest BCUT2D eigenvalue weighted by molar-refractivity contribution is 6.19. The lowest BCUT2D eigenvalue weighted by Crippen LogP contribution is -2.57. The van der Waals surface area contributed by atoms with Crippen LogP contribution in [0.25, 0.3) is 0 Å². The Bertz CT molecular complexity index is 1030. The number of nitrogens with zero attached hydrogens (tertiary/aromatic N) is 4. The second-order valence-corrected chi connectivity index (χ2v) is 8.23. The quantitative estimate of drug-likeness (QED) is 0.822. The number of piperazine rings is 1. The predicted molar refractivity (Wildman–Crippen MR) is 120 cm³/mol. The smallest absolute Gasteiger partial charge is 0.327 e. The molecule has 31 heavy (non-hydrogen) atoms. The highest BCUT2D eigenvalue weighted by Crippen LogP contribution is 2.39. The number of carbonyl (C=O) groups excluding carboxylic acids is 1. The zero-order valence-corrected chi connectivity index (χ0v) is 18.1. The monoisotopic (exact) mass is 421 g/mol. The Hall–Kier alpha value is -3.26. The van der Waals surface area contributed by atoms with Gasteiger partial charge in [-0.2, -0.15) is 0 Å². The molecular formula is C23H27N5O3. The highest BCUT2D eigenvalue weighted by Gasteiger charge is 2.46. The Balaban J connectivity index is 1.42. The topological polar surface area (TPSA) is 69.6 Å². The van der Waals surface area contributed by atoms with Crippen LogP contribution in [0.1, 0.15) is 12.5 Å². The lowest BCUT2D eigenvalue weighted by Gasteiger charge is -2.43. The van der Waals surface area contributed by atoms with E-state index in [0.29, 0.717) is 29.6 Å². The van der Waals surface area contributed by atoms with Crippen molar-refractivity contribution in [2.75, 3.05) is 57.2 Å². The number of para-hydroxylation sites is 1. The third-order valence-electron chi connectivity index (χ3n) is 6.39. The molecule has 2 aromatic rings. The first-order chi connectivity index (χ1) is 15.0. The van der Waals surface area contributed by atoms with E-state index in [9.17, 15) is 4.79 Å². The van der Waals surface area contributed by atoms with Gasteiger partial charge in [-0.05, 0) is 25.1 Å². The molecule has 0 aromatic heterocycles. The number of nitrogens with one attached hydrogen (secondary N) is 1. The summed E-state index contributed by atoms with van der Waals surface area (Å²) in [7, 11) is 3.19. The first kappa shape index (κ1) is 19.7. The van der Waals surface area contributed by atoms with E-state index in [-0.39, 0.29) is 6.03 Å². The van der Waals surface area contributed by atoms with Crippen LogP contribution in [-0.4, -0.2) is 74.3 Å². The molecule has 3 heterocycles. The Labute approximate surface area is 182 Å². The van der Waals surface area contributed by atoms with Gasteiger partial charge in [-0.3, -0.25) is 9.80 Å². The van der Waals surface area contributed by atoms with Crippen molar-refractivity contribution in [2.45, 2.75) is 12.6 Å². The molecule has 2 amide bonds. The maximum Gasteiger partial charge on any atom is 0.327 e. The molecule has 1 atom stereocenters. The molecule has 3 aliphatic heterocycles. The zero-order chi connectivity index (χ0) is 21.6. The van der Waals surface area contributed by atoms with Crippen LogP contribution >= 0.6 is 0 Å². The van der Waals surface area contributed by atoms with Gasteiger partial charge in [-0.1, -0.05) is 18.2 Å². The molecule has 162 valence electrons. The number of hydrogen-bond acceptors (Lipinski definition) is 6. The largest absolute Gasteiger partial charge is 0.493 e. The van der Waals surface area contributed by atoms with Gasteiger partial charge >= 0.3 is 6.03 Å². The summed E-state index contributed by atoms with van der Waals surface area (Å²) in [6.45, 7) is 6.26. The molecule has 0 radical (unpaired) electrons. The van der Waals surface area contributed by atoms with Crippen molar-refractivity contribution in [3.63, 3.8) is 0 Å². The zero-order valence-electron chi connectivity index (χ0n) is 18.1. The Kier molecular flexibility index (Phi) is 4.74.